The van der Waals surface area contributed by atoms with Gasteiger partial charge in [-0.1, -0.05) is 0 Å². The van der Waals surface area contributed by atoms with Crippen molar-refractivity contribution in [3.05, 3.63) is 35.4 Å². The Morgan fingerprint density at radius 1 is 0.783 bits per heavy atom. The normalized spacial score (nSPS) is 10.3. The van der Waals surface area contributed by atoms with Gasteiger partial charge in [-0.2, -0.15) is 0 Å². The summed E-state index contributed by atoms with van der Waals surface area (Å²) in [7, 11) is 0. The first-order valence-electron chi connectivity index (χ1n) is 6.10. The summed E-state index contributed by atoms with van der Waals surface area (Å²) >= 11 is 0. The molecule has 0 radical (unpaired) electrons. The van der Waals surface area contributed by atoms with E-state index in [0.29, 0.717) is 0 Å². The highest BCUT2D eigenvalue weighted by Crippen LogP contribution is 2.36. The Kier molecular flexibility index (Phi) is 3.86. The van der Waals surface area contributed by atoms with E-state index in [2.05, 4.69) is 0 Å². The first-order valence-corrected chi connectivity index (χ1v) is 6.10. The number of aromatic hydroxyl groups is 2. The lowest BCUT2D eigenvalue weighted by Crippen LogP contribution is -2.04. The van der Waals surface area contributed by atoms with Crippen LogP contribution in [0.5, 0.6) is 23.0 Å². The molecule has 9 heteroatoms. The molecule has 9 nitrogen and oxygen atoms in total. The van der Waals surface area contributed by atoms with Gasteiger partial charge in [-0.05, 0) is 12.1 Å². The molecule has 0 saturated carbocycles. The molecule has 0 aliphatic carbocycles. The fourth-order valence-electron chi connectivity index (χ4n) is 1.83. The number of carboxylic acids is 2. The van der Waals surface area contributed by atoms with Crippen LogP contribution >= 0.6 is 0 Å². The molecule has 2 rings (SSSR count). The average Bonchev–Trinajstić information content (AvgIpc) is 2.45. The third kappa shape index (κ3) is 3.02. The van der Waals surface area contributed by atoms with Gasteiger partial charge in [0.1, 0.15) is 23.0 Å². The molecule has 0 atom stereocenters. The highest BCUT2D eigenvalue weighted by Gasteiger charge is 2.17. The van der Waals surface area contributed by atoms with Crippen LogP contribution in [0.3, 0.4) is 0 Å². The second kappa shape index (κ2) is 5.64. The van der Waals surface area contributed by atoms with E-state index >= 15 is 0 Å². The van der Waals surface area contributed by atoms with Gasteiger partial charge in [0.05, 0.1) is 22.5 Å². The number of benzene rings is 2. The molecule has 120 valence electrons. The second-order valence-electron chi connectivity index (χ2n) is 4.52. The lowest BCUT2D eigenvalue weighted by molar-refractivity contribution is 0.0687. The molecule has 0 bridgehead atoms. The number of phenolic OH excluding ortho intramolecular Hbond substituents is 2. The summed E-state index contributed by atoms with van der Waals surface area (Å²) in [5.41, 5.74) is 9.41. The molecular weight excluding hydrogens is 308 g/mol. The van der Waals surface area contributed by atoms with Crippen molar-refractivity contribution in [2.24, 2.45) is 0 Å². The maximum absolute atomic E-state index is 11.0. The summed E-state index contributed by atoms with van der Waals surface area (Å²) in [5.74, 6) is -4.02. The van der Waals surface area contributed by atoms with Crippen molar-refractivity contribution in [1.82, 2.24) is 0 Å². The number of aromatic carboxylic acids is 2. The van der Waals surface area contributed by atoms with Gasteiger partial charge in [-0.15, -0.1) is 0 Å². The van der Waals surface area contributed by atoms with Crippen molar-refractivity contribution < 1.29 is 34.8 Å². The van der Waals surface area contributed by atoms with Crippen molar-refractivity contribution in [2.45, 2.75) is 0 Å². The number of anilines is 2. The van der Waals surface area contributed by atoms with E-state index in [9.17, 15) is 19.8 Å². The van der Waals surface area contributed by atoms with Crippen LogP contribution in [0.25, 0.3) is 0 Å². The molecule has 0 amide bonds. The number of carbonyl (C=O) groups is 2. The zero-order valence-corrected chi connectivity index (χ0v) is 11.5. The van der Waals surface area contributed by atoms with Crippen LogP contribution in [0.15, 0.2) is 24.3 Å². The van der Waals surface area contributed by atoms with Crippen LogP contribution in [-0.4, -0.2) is 32.4 Å². The van der Waals surface area contributed by atoms with Crippen LogP contribution in [0.1, 0.15) is 20.7 Å². The Morgan fingerprint density at radius 3 is 1.43 bits per heavy atom. The van der Waals surface area contributed by atoms with Gasteiger partial charge in [0.15, 0.2) is 0 Å². The molecule has 0 aliphatic heterocycles. The lowest BCUT2D eigenvalue weighted by Gasteiger charge is -2.12. The Bertz CT molecular complexity index is 750. The fraction of sp³-hybridized carbons (Fsp3) is 0. The van der Waals surface area contributed by atoms with E-state index < -0.39 is 34.6 Å². The van der Waals surface area contributed by atoms with Crippen LogP contribution in [0, 0.1) is 0 Å². The number of nitrogens with two attached hydrogens (primary N) is 2. The van der Waals surface area contributed by atoms with E-state index in [-0.39, 0.29) is 22.9 Å². The molecule has 0 fully saturated rings. The lowest BCUT2D eigenvalue weighted by atomic mass is 10.1. The van der Waals surface area contributed by atoms with Crippen LogP contribution in [0.2, 0.25) is 0 Å². The fourth-order valence-corrected chi connectivity index (χ4v) is 1.83. The zero-order valence-electron chi connectivity index (χ0n) is 11.5. The molecule has 0 unspecified atom stereocenters. The first kappa shape index (κ1) is 15.8. The highest BCUT2D eigenvalue weighted by atomic mass is 16.5. The predicted octanol–water partition coefficient (Wildman–Crippen LogP) is 1.45. The zero-order chi connectivity index (χ0) is 17.3. The minimum absolute atomic E-state index is 0.116. The molecule has 0 aliphatic rings. The van der Waals surface area contributed by atoms with E-state index in [1.165, 1.54) is 0 Å². The van der Waals surface area contributed by atoms with Crippen LogP contribution in [-0.2, 0) is 0 Å². The summed E-state index contributed by atoms with van der Waals surface area (Å²) in [6.07, 6.45) is 0. The Labute approximate surface area is 129 Å². The van der Waals surface area contributed by atoms with Gasteiger partial charge in [0.25, 0.3) is 0 Å². The number of hydrogen-bond acceptors (Lipinski definition) is 7. The number of rotatable bonds is 4. The van der Waals surface area contributed by atoms with Gasteiger partial charge in [0.2, 0.25) is 0 Å². The van der Waals surface area contributed by atoms with Gasteiger partial charge in [-0.3, -0.25) is 0 Å². The maximum Gasteiger partial charge on any atom is 0.338 e. The van der Waals surface area contributed by atoms with Gasteiger partial charge < -0.3 is 36.6 Å². The highest BCUT2D eigenvalue weighted by molar-refractivity contribution is 5.96. The van der Waals surface area contributed by atoms with Crippen LogP contribution in [0.4, 0.5) is 11.4 Å². The molecule has 2 aromatic rings. The van der Waals surface area contributed by atoms with Crippen LogP contribution < -0.4 is 16.2 Å². The SMILES string of the molecule is Nc1c(O)cc(Oc2cc(O)c(N)c(C(=O)O)c2)cc1C(=O)O. The van der Waals surface area contributed by atoms with Crippen molar-refractivity contribution in [2.75, 3.05) is 11.5 Å². The van der Waals surface area contributed by atoms with E-state index in [0.717, 1.165) is 24.3 Å². The first-order chi connectivity index (χ1) is 10.7. The number of carboxylic acid groups (broad SMARTS) is 2. The third-order valence-electron chi connectivity index (χ3n) is 2.96. The number of phenols is 2. The standard InChI is InChI=1S/C14H12N2O7/c15-11-7(13(19)20)1-5(3-9(11)17)23-6-2-8(14(21)22)12(16)10(18)4-6/h1-4,17-18H,15-16H2,(H,19,20)(H,21,22). The number of nitrogen functional groups attached to an aromatic ring is 2. The molecule has 2 aromatic carbocycles. The third-order valence-corrected chi connectivity index (χ3v) is 2.96. The summed E-state index contributed by atoms with van der Waals surface area (Å²) in [5, 5.41) is 37.2. The van der Waals surface area contributed by atoms with Gasteiger partial charge in [0, 0.05) is 12.1 Å². The summed E-state index contributed by atoms with van der Waals surface area (Å²) in [4.78, 5) is 22.1. The van der Waals surface area contributed by atoms with Gasteiger partial charge >= 0.3 is 11.9 Å². The monoisotopic (exact) mass is 320 g/mol. The van der Waals surface area contributed by atoms with Crippen molar-refractivity contribution in [1.29, 1.82) is 0 Å². The number of hydrogen-bond donors (Lipinski definition) is 6. The molecule has 0 heterocycles. The Hall–Kier alpha value is -3.62. The molecule has 0 saturated heterocycles. The maximum atomic E-state index is 11.0. The molecule has 23 heavy (non-hydrogen) atoms. The van der Waals surface area contributed by atoms with E-state index in [4.69, 9.17) is 26.4 Å². The van der Waals surface area contributed by atoms with Crippen molar-refractivity contribution in [3.63, 3.8) is 0 Å². The van der Waals surface area contributed by atoms with Crippen molar-refractivity contribution in [3.8, 4) is 23.0 Å². The Balaban J connectivity index is 2.48. The minimum Gasteiger partial charge on any atom is -0.506 e. The summed E-state index contributed by atoms with van der Waals surface area (Å²) < 4.78 is 5.27. The quantitative estimate of drug-likeness (QED) is 0.359. The molecule has 8 N–H and O–H groups in total. The second-order valence-corrected chi connectivity index (χ2v) is 4.52. The molecular formula is C14H12N2O7. The predicted molar refractivity (Wildman–Crippen MR) is 79.0 cm³/mol. The number of ether oxygens (including phenoxy) is 1. The van der Waals surface area contributed by atoms with E-state index in [1.807, 2.05) is 0 Å². The molecule has 0 aromatic heterocycles. The summed E-state index contributed by atoms with van der Waals surface area (Å²) in [6.45, 7) is 0. The smallest absolute Gasteiger partial charge is 0.338 e. The van der Waals surface area contributed by atoms with Gasteiger partial charge in [-0.25, -0.2) is 9.59 Å². The largest absolute Gasteiger partial charge is 0.506 e. The van der Waals surface area contributed by atoms with Crippen molar-refractivity contribution >= 4 is 23.3 Å². The Morgan fingerprint density at radius 2 is 1.13 bits per heavy atom. The average molecular weight is 320 g/mol. The molecule has 0 spiro atoms. The minimum atomic E-state index is -1.38. The topological polar surface area (TPSA) is 176 Å². The summed E-state index contributed by atoms with van der Waals surface area (Å²) in [6, 6.07) is 4.20. The van der Waals surface area contributed by atoms with E-state index in [1.54, 1.807) is 0 Å².